The molecule has 0 aromatic heterocycles. The number of carbonyl (C=O) groups is 1. The molecule has 59 heavy (non-hydrogen) atoms. The smallest absolute Gasteiger partial charge is 0.266 e. The van der Waals surface area contributed by atoms with E-state index in [1.54, 1.807) is 0 Å². The van der Waals surface area contributed by atoms with Gasteiger partial charge in [-0.05, 0) is 44.9 Å². The molecule has 0 radical (unpaired) electrons. The lowest BCUT2D eigenvalue weighted by Gasteiger charge is -2.23. The Morgan fingerprint density at radius 1 is 0.458 bits per heavy atom. The summed E-state index contributed by atoms with van der Waals surface area (Å²) >= 11 is 0. The van der Waals surface area contributed by atoms with Gasteiger partial charge in [-0.25, -0.2) is 0 Å². The summed E-state index contributed by atoms with van der Waals surface area (Å²) in [6.07, 6.45) is 60.0. The quantitative estimate of drug-likeness (QED) is 0.0321. The number of allylic oxidation sites excluding steroid dienone is 4. The van der Waals surface area contributed by atoms with Gasteiger partial charge in [0.15, 0.2) is 0 Å². The van der Waals surface area contributed by atoms with Gasteiger partial charge < -0.3 is 10.4 Å². The third kappa shape index (κ3) is 47.7. The number of nitrogens with one attached hydrogen (secondary N) is 1. The van der Waals surface area contributed by atoms with Crippen LogP contribution in [0.25, 0.3) is 0 Å². The van der Waals surface area contributed by atoms with Crippen molar-refractivity contribution in [2.45, 2.75) is 296 Å². The zero-order valence-corrected chi connectivity index (χ0v) is 40.2. The van der Waals surface area contributed by atoms with Crippen LogP contribution in [0.5, 0.6) is 0 Å². The molecule has 7 heteroatoms. The SMILES string of the molecule is CCCCCCC/C=C\C/C=C\CCCCCCCCCCCCCC(=O)NC(CS(=O)(=O)O)C(O)CCCCCCCCCCCCCCCCCCCCCCC. The minimum absolute atomic E-state index is 0.243. The second kappa shape index (κ2) is 46.3. The van der Waals surface area contributed by atoms with Gasteiger partial charge in [0.2, 0.25) is 5.91 Å². The van der Waals surface area contributed by atoms with Gasteiger partial charge in [0, 0.05) is 6.42 Å². The molecule has 0 aliphatic rings. The van der Waals surface area contributed by atoms with Gasteiger partial charge in [-0.1, -0.05) is 256 Å². The van der Waals surface area contributed by atoms with Crippen LogP contribution in [0.2, 0.25) is 0 Å². The van der Waals surface area contributed by atoms with Crippen LogP contribution in [-0.2, 0) is 14.9 Å². The fourth-order valence-electron chi connectivity index (χ4n) is 8.25. The molecule has 6 nitrogen and oxygen atoms in total. The highest BCUT2D eigenvalue weighted by molar-refractivity contribution is 7.85. The second-order valence-electron chi connectivity index (χ2n) is 18.2. The molecule has 2 atom stereocenters. The van der Waals surface area contributed by atoms with Crippen LogP contribution in [0.3, 0.4) is 0 Å². The normalized spacial score (nSPS) is 13.2. The Hall–Kier alpha value is -1.18. The maximum atomic E-state index is 12.6. The summed E-state index contributed by atoms with van der Waals surface area (Å²) in [4.78, 5) is 12.6. The summed E-state index contributed by atoms with van der Waals surface area (Å²) in [6.45, 7) is 4.55. The van der Waals surface area contributed by atoms with Crippen LogP contribution >= 0.6 is 0 Å². The highest BCUT2D eigenvalue weighted by Crippen LogP contribution is 2.17. The summed E-state index contributed by atoms with van der Waals surface area (Å²) < 4.78 is 32.8. The molecule has 0 aliphatic carbocycles. The fraction of sp³-hybridized carbons (Fsp3) is 0.904. The maximum absolute atomic E-state index is 12.6. The van der Waals surface area contributed by atoms with Gasteiger partial charge in [-0.15, -0.1) is 0 Å². The Labute approximate surface area is 368 Å². The molecule has 1 amide bonds. The Kier molecular flexibility index (Phi) is 45.4. The summed E-state index contributed by atoms with van der Waals surface area (Å²) in [5.41, 5.74) is 0. The summed E-state index contributed by atoms with van der Waals surface area (Å²) in [5, 5.41) is 13.5. The standard InChI is InChI=1S/C52H101NO5S/c1-3-5-7-9-11-13-15-17-19-21-23-25-26-28-30-32-34-36-38-40-42-44-46-48-52(55)53-50(49-59(56,57)58)51(54)47-45-43-41-39-37-35-33-31-29-27-24-22-20-18-16-14-12-10-8-6-4-2/h15,17,21,23,50-51,54H,3-14,16,18-20,22,24-49H2,1-2H3,(H,53,55)(H,56,57,58)/b17-15-,23-21-. The number of carbonyl (C=O) groups excluding carboxylic acids is 1. The third-order valence-electron chi connectivity index (χ3n) is 12.2. The number of rotatable bonds is 48. The maximum Gasteiger partial charge on any atom is 0.266 e. The topological polar surface area (TPSA) is 104 Å². The molecule has 0 aromatic carbocycles. The number of hydrogen-bond acceptors (Lipinski definition) is 4. The predicted molar refractivity (Wildman–Crippen MR) is 258 cm³/mol. The van der Waals surface area contributed by atoms with E-state index in [0.717, 1.165) is 44.9 Å². The van der Waals surface area contributed by atoms with E-state index in [1.807, 2.05) is 0 Å². The number of amides is 1. The van der Waals surface area contributed by atoms with Crippen LogP contribution in [0.15, 0.2) is 24.3 Å². The van der Waals surface area contributed by atoms with Gasteiger partial charge in [0.05, 0.1) is 17.9 Å². The minimum Gasteiger partial charge on any atom is -0.391 e. The first kappa shape index (κ1) is 57.8. The van der Waals surface area contributed by atoms with Crippen molar-refractivity contribution in [1.29, 1.82) is 0 Å². The number of aliphatic hydroxyl groups is 1. The summed E-state index contributed by atoms with van der Waals surface area (Å²) in [6, 6.07) is -0.971. The zero-order valence-electron chi connectivity index (χ0n) is 39.4. The van der Waals surface area contributed by atoms with Crippen LogP contribution in [0, 0.1) is 0 Å². The Morgan fingerprint density at radius 3 is 1.10 bits per heavy atom. The van der Waals surface area contributed by atoms with Crippen LogP contribution in [0.4, 0.5) is 0 Å². The van der Waals surface area contributed by atoms with E-state index < -0.39 is 28.0 Å². The summed E-state index contributed by atoms with van der Waals surface area (Å²) in [7, 11) is -4.32. The van der Waals surface area contributed by atoms with E-state index in [9.17, 15) is 22.9 Å². The Bertz CT molecular complexity index is 1030. The van der Waals surface area contributed by atoms with Crippen molar-refractivity contribution in [2.75, 3.05) is 5.75 Å². The number of unbranched alkanes of at least 4 members (excludes halogenated alkanes) is 36. The molecule has 0 aromatic rings. The first-order chi connectivity index (χ1) is 28.8. The van der Waals surface area contributed by atoms with Crippen molar-refractivity contribution in [3.63, 3.8) is 0 Å². The Balaban J connectivity index is 3.73. The molecule has 0 saturated heterocycles. The van der Waals surface area contributed by atoms with E-state index in [4.69, 9.17) is 0 Å². The Morgan fingerprint density at radius 2 is 0.763 bits per heavy atom. The van der Waals surface area contributed by atoms with E-state index in [0.29, 0.717) is 12.8 Å². The molecule has 350 valence electrons. The van der Waals surface area contributed by atoms with Crippen LogP contribution < -0.4 is 5.32 Å². The van der Waals surface area contributed by atoms with Crippen molar-refractivity contribution in [3.8, 4) is 0 Å². The van der Waals surface area contributed by atoms with Crippen LogP contribution in [-0.4, -0.2) is 41.9 Å². The van der Waals surface area contributed by atoms with Gasteiger partial charge in [-0.2, -0.15) is 8.42 Å². The average molecular weight is 852 g/mol. The molecule has 0 saturated carbocycles. The molecule has 2 unspecified atom stereocenters. The fourth-order valence-corrected chi connectivity index (χ4v) is 9.01. The van der Waals surface area contributed by atoms with E-state index in [-0.39, 0.29) is 5.91 Å². The first-order valence-electron chi connectivity index (χ1n) is 26.0. The van der Waals surface area contributed by atoms with Crippen molar-refractivity contribution in [3.05, 3.63) is 24.3 Å². The average Bonchev–Trinajstić information content (AvgIpc) is 3.20. The third-order valence-corrected chi connectivity index (χ3v) is 12.9. The summed E-state index contributed by atoms with van der Waals surface area (Å²) in [5.74, 6) is -0.889. The lowest BCUT2D eigenvalue weighted by Crippen LogP contribution is -2.47. The molecule has 0 bridgehead atoms. The largest absolute Gasteiger partial charge is 0.391 e. The molecule has 0 fully saturated rings. The van der Waals surface area contributed by atoms with Gasteiger partial charge in [-0.3, -0.25) is 9.35 Å². The number of hydrogen-bond donors (Lipinski definition) is 3. The molecule has 0 spiro atoms. The first-order valence-corrected chi connectivity index (χ1v) is 27.6. The lowest BCUT2D eigenvalue weighted by atomic mass is 10.0. The monoisotopic (exact) mass is 852 g/mol. The van der Waals surface area contributed by atoms with Crippen molar-refractivity contribution in [1.82, 2.24) is 5.32 Å². The van der Waals surface area contributed by atoms with E-state index in [1.165, 1.54) is 212 Å². The second-order valence-corrected chi connectivity index (χ2v) is 19.7. The molecule has 0 heterocycles. The van der Waals surface area contributed by atoms with Crippen molar-refractivity contribution < 1.29 is 22.9 Å². The molecule has 3 N–H and O–H groups in total. The van der Waals surface area contributed by atoms with Gasteiger partial charge in [0.1, 0.15) is 0 Å². The number of aliphatic hydroxyl groups excluding tert-OH is 1. The molecule has 0 rings (SSSR count). The molecular weight excluding hydrogens is 751 g/mol. The lowest BCUT2D eigenvalue weighted by molar-refractivity contribution is -0.122. The highest BCUT2D eigenvalue weighted by Gasteiger charge is 2.26. The molecule has 0 aliphatic heterocycles. The van der Waals surface area contributed by atoms with Gasteiger partial charge >= 0.3 is 0 Å². The van der Waals surface area contributed by atoms with E-state index >= 15 is 0 Å². The van der Waals surface area contributed by atoms with Gasteiger partial charge in [0.25, 0.3) is 10.1 Å². The van der Waals surface area contributed by atoms with E-state index in [2.05, 4.69) is 43.5 Å². The highest BCUT2D eigenvalue weighted by atomic mass is 32.2. The zero-order chi connectivity index (χ0) is 43.2. The van der Waals surface area contributed by atoms with Crippen LogP contribution in [0.1, 0.15) is 284 Å². The minimum atomic E-state index is -4.32. The van der Waals surface area contributed by atoms with Crippen molar-refractivity contribution in [2.24, 2.45) is 0 Å². The molecular formula is C52H101NO5S. The predicted octanol–water partition coefficient (Wildman–Crippen LogP) is 16.3. The van der Waals surface area contributed by atoms with Crippen molar-refractivity contribution >= 4 is 16.0 Å².